The van der Waals surface area contributed by atoms with Crippen LogP contribution >= 0.6 is 0 Å². The summed E-state index contributed by atoms with van der Waals surface area (Å²) in [4.78, 5) is 16.8. The molecule has 0 aliphatic carbocycles. The first-order valence-electron chi connectivity index (χ1n) is 6.79. The predicted molar refractivity (Wildman–Crippen MR) is 83.2 cm³/mol. The highest BCUT2D eigenvalue weighted by molar-refractivity contribution is 6.22. The number of nitrogens with one attached hydrogen (secondary N) is 1. The topological polar surface area (TPSA) is 59.4 Å². The zero-order valence-electron chi connectivity index (χ0n) is 11.3. The normalized spacial score (nSPS) is 12.0. The maximum atomic E-state index is 4.57. The van der Waals surface area contributed by atoms with Crippen molar-refractivity contribution in [1.82, 2.24) is 24.5 Å². The fourth-order valence-corrected chi connectivity index (χ4v) is 3.17. The van der Waals surface area contributed by atoms with Gasteiger partial charge in [0.25, 0.3) is 0 Å². The number of hydrogen-bond acceptors (Lipinski definition) is 3. The maximum absolute atomic E-state index is 4.57. The third-order valence-electron chi connectivity index (χ3n) is 4.13. The molecular weight excluding hydrogens is 262 g/mol. The molecule has 0 amide bonds. The first kappa shape index (κ1) is 10.8. The Labute approximate surface area is 119 Å². The van der Waals surface area contributed by atoms with Gasteiger partial charge in [0.05, 0.1) is 27.5 Å². The second kappa shape index (κ2) is 3.58. The lowest BCUT2D eigenvalue weighted by atomic mass is 10.1. The van der Waals surface area contributed by atoms with Crippen molar-refractivity contribution < 1.29 is 0 Å². The van der Waals surface area contributed by atoms with Gasteiger partial charge in [0.1, 0.15) is 5.52 Å². The molecule has 4 aromatic heterocycles. The Morgan fingerprint density at radius 3 is 2.71 bits per heavy atom. The van der Waals surface area contributed by atoms with E-state index in [2.05, 4.69) is 49.7 Å². The molecule has 1 N–H and O–H groups in total. The van der Waals surface area contributed by atoms with Gasteiger partial charge in [-0.15, -0.1) is 0 Å². The van der Waals surface area contributed by atoms with Gasteiger partial charge in [0.2, 0.25) is 0 Å². The number of fused-ring (bicyclic) bond motifs is 7. The first-order chi connectivity index (χ1) is 10.3. The quantitative estimate of drug-likeness (QED) is 0.471. The van der Waals surface area contributed by atoms with E-state index in [4.69, 9.17) is 0 Å². The van der Waals surface area contributed by atoms with E-state index in [0.29, 0.717) is 0 Å². The molecule has 0 bridgehead atoms. The number of benzene rings is 1. The second-order valence-electron chi connectivity index (χ2n) is 5.19. The predicted octanol–water partition coefficient (Wildman–Crippen LogP) is 3.15. The van der Waals surface area contributed by atoms with Crippen LogP contribution in [0.15, 0.2) is 42.9 Å². The van der Waals surface area contributed by atoms with Crippen LogP contribution in [-0.4, -0.2) is 24.5 Å². The number of nitrogens with zero attached hydrogens (tertiary/aromatic N) is 4. The molecule has 1 aromatic carbocycles. The summed E-state index contributed by atoms with van der Waals surface area (Å²) >= 11 is 0. The summed E-state index contributed by atoms with van der Waals surface area (Å²) in [6.45, 7) is 0. The van der Waals surface area contributed by atoms with Crippen LogP contribution in [0.3, 0.4) is 0 Å². The van der Waals surface area contributed by atoms with Crippen molar-refractivity contribution in [2.75, 3.05) is 0 Å². The van der Waals surface area contributed by atoms with Crippen LogP contribution in [-0.2, 0) is 7.05 Å². The molecule has 0 aliphatic heterocycles. The summed E-state index contributed by atoms with van der Waals surface area (Å²) in [5.41, 5.74) is 6.06. The van der Waals surface area contributed by atoms with Crippen LogP contribution in [0.4, 0.5) is 0 Å². The Kier molecular flexibility index (Phi) is 1.84. The molecule has 5 nitrogen and oxygen atoms in total. The molecule has 5 aromatic rings. The average Bonchev–Trinajstić information content (AvgIpc) is 3.04. The lowest BCUT2D eigenvalue weighted by molar-refractivity contribution is 1.01. The van der Waals surface area contributed by atoms with E-state index in [0.717, 1.165) is 44.0 Å². The third-order valence-corrected chi connectivity index (χ3v) is 4.13. The summed E-state index contributed by atoms with van der Waals surface area (Å²) in [5.74, 6) is 0. The summed E-state index contributed by atoms with van der Waals surface area (Å²) < 4.78 is 2.17. The van der Waals surface area contributed by atoms with Gasteiger partial charge < -0.3 is 9.55 Å². The highest BCUT2D eigenvalue weighted by atomic mass is 15.0. The molecule has 0 spiro atoms. The summed E-state index contributed by atoms with van der Waals surface area (Å²) in [6.07, 6.45) is 5.26. The highest BCUT2D eigenvalue weighted by Crippen LogP contribution is 2.34. The zero-order chi connectivity index (χ0) is 14.0. The standard InChI is InChI=1S/C16H11N5/c1-21-10-5-4-9-13(20-16-14(9)18-7-8-19-16)12(10)15-11(21)3-2-6-17-15/h2-8H,1H3,(H,19,20). The molecular formula is C16H11N5. The van der Waals surface area contributed by atoms with E-state index in [9.17, 15) is 0 Å². The maximum Gasteiger partial charge on any atom is 0.157 e. The minimum Gasteiger partial charge on any atom is -0.342 e. The largest absolute Gasteiger partial charge is 0.342 e. The van der Waals surface area contributed by atoms with Gasteiger partial charge in [-0.05, 0) is 24.3 Å². The second-order valence-corrected chi connectivity index (χ2v) is 5.19. The molecule has 0 unspecified atom stereocenters. The van der Waals surface area contributed by atoms with Crippen molar-refractivity contribution >= 4 is 44.0 Å². The molecule has 5 heteroatoms. The fraction of sp³-hybridized carbons (Fsp3) is 0.0625. The minimum absolute atomic E-state index is 0.813. The van der Waals surface area contributed by atoms with Crippen molar-refractivity contribution in [3.63, 3.8) is 0 Å². The van der Waals surface area contributed by atoms with Crippen LogP contribution in [0, 0.1) is 0 Å². The van der Waals surface area contributed by atoms with Crippen LogP contribution in [0.2, 0.25) is 0 Å². The zero-order valence-corrected chi connectivity index (χ0v) is 11.3. The van der Waals surface area contributed by atoms with E-state index in [1.807, 2.05) is 12.3 Å². The average molecular weight is 273 g/mol. The molecule has 0 fully saturated rings. The monoisotopic (exact) mass is 273 g/mol. The SMILES string of the molecule is Cn1c2cccnc2c2c3[nH]c4nccnc4c3ccc21. The molecule has 0 atom stereocenters. The number of pyridine rings is 1. The molecule has 0 saturated heterocycles. The smallest absolute Gasteiger partial charge is 0.157 e. The van der Waals surface area contributed by atoms with Gasteiger partial charge in [0.15, 0.2) is 5.65 Å². The lowest BCUT2D eigenvalue weighted by Crippen LogP contribution is -1.85. The van der Waals surface area contributed by atoms with Crippen molar-refractivity contribution in [3.05, 3.63) is 42.9 Å². The van der Waals surface area contributed by atoms with Crippen molar-refractivity contribution in [2.45, 2.75) is 0 Å². The van der Waals surface area contributed by atoms with Gasteiger partial charge in [-0.1, -0.05) is 0 Å². The number of H-pyrrole nitrogens is 1. The van der Waals surface area contributed by atoms with E-state index in [-0.39, 0.29) is 0 Å². The van der Waals surface area contributed by atoms with Crippen LogP contribution in [0.1, 0.15) is 0 Å². The van der Waals surface area contributed by atoms with Crippen molar-refractivity contribution in [2.24, 2.45) is 7.05 Å². The van der Waals surface area contributed by atoms with E-state index in [1.165, 1.54) is 0 Å². The minimum atomic E-state index is 0.813. The molecule has 0 aliphatic rings. The number of hydrogen-bond donors (Lipinski definition) is 1. The van der Waals surface area contributed by atoms with E-state index >= 15 is 0 Å². The number of rotatable bonds is 0. The lowest BCUT2D eigenvalue weighted by Gasteiger charge is -1.97. The van der Waals surface area contributed by atoms with Gasteiger partial charge in [-0.25, -0.2) is 4.98 Å². The van der Waals surface area contributed by atoms with Gasteiger partial charge >= 0.3 is 0 Å². The van der Waals surface area contributed by atoms with Crippen LogP contribution < -0.4 is 0 Å². The van der Waals surface area contributed by atoms with Crippen molar-refractivity contribution in [1.29, 1.82) is 0 Å². The molecule has 0 saturated carbocycles. The fourth-order valence-electron chi connectivity index (χ4n) is 3.17. The molecule has 0 radical (unpaired) electrons. The van der Waals surface area contributed by atoms with E-state index in [1.54, 1.807) is 12.4 Å². The summed E-state index contributed by atoms with van der Waals surface area (Å²) in [7, 11) is 2.07. The Bertz CT molecular complexity index is 1150. The highest BCUT2D eigenvalue weighted by Gasteiger charge is 2.15. The van der Waals surface area contributed by atoms with Crippen LogP contribution in [0.25, 0.3) is 44.0 Å². The number of aryl methyl sites for hydroxylation is 1. The Morgan fingerprint density at radius 1 is 0.905 bits per heavy atom. The third kappa shape index (κ3) is 1.23. The summed E-state index contributed by atoms with van der Waals surface area (Å²) in [6, 6.07) is 8.28. The van der Waals surface area contributed by atoms with Gasteiger partial charge in [-0.3, -0.25) is 9.97 Å². The van der Waals surface area contributed by atoms with Crippen LogP contribution in [0.5, 0.6) is 0 Å². The van der Waals surface area contributed by atoms with Crippen molar-refractivity contribution in [3.8, 4) is 0 Å². The van der Waals surface area contributed by atoms with Gasteiger partial charge in [-0.2, -0.15) is 0 Å². The van der Waals surface area contributed by atoms with Gasteiger partial charge in [0, 0.05) is 31.0 Å². The molecule has 100 valence electrons. The molecule has 5 rings (SSSR count). The Hall–Kier alpha value is -2.95. The van der Waals surface area contributed by atoms with E-state index < -0.39 is 0 Å². The number of aromatic nitrogens is 5. The molecule has 4 heterocycles. The molecule has 21 heavy (non-hydrogen) atoms. The number of aromatic amines is 1. The first-order valence-corrected chi connectivity index (χ1v) is 6.79. The Morgan fingerprint density at radius 2 is 1.76 bits per heavy atom. The Balaban J connectivity index is 2.16. The summed E-state index contributed by atoms with van der Waals surface area (Å²) in [5, 5.41) is 2.22.